The Morgan fingerprint density at radius 3 is 2.47 bits per heavy atom. The molecule has 0 aliphatic carbocycles. The summed E-state index contributed by atoms with van der Waals surface area (Å²) >= 11 is 0. The van der Waals surface area contributed by atoms with E-state index in [2.05, 4.69) is 36.9 Å². The maximum Gasteiger partial charge on any atom is 0.251 e. The molecule has 0 bridgehead atoms. The van der Waals surface area contributed by atoms with Crippen LogP contribution in [0, 0.1) is 0 Å². The van der Waals surface area contributed by atoms with Gasteiger partial charge in [0.25, 0.3) is 5.95 Å². The van der Waals surface area contributed by atoms with Crippen molar-refractivity contribution in [2.75, 3.05) is 0 Å². The third-order valence-electron chi connectivity index (χ3n) is 3.01. The Morgan fingerprint density at radius 1 is 1.00 bits per heavy atom. The van der Waals surface area contributed by atoms with Gasteiger partial charge < -0.3 is 0 Å². The number of para-hydroxylation sites is 1. The standard InChI is InChI=1S/C15H16N4/c1-15(2,3)13-11-7-4-5-8-12(11)17-14(18-13)19-10-6-9-16-19/h4-10H,1-3H3. The lowest BCUT2D eigenvalue weighted by Crippen LogP contribution is -2.17. The number of hydrogen-bond donors (Lipinski definition) is 0. The van der Waals surface area contributed by atoms with Crippen LogP contribution in [-0.2, 0) is 5.41 Å². The Hall–Kier alpha value is -2.23. The van der Waals surface area contributed by atoms with Gasteiger partial charge in [0, 0.05) is 23.2 Å². The smallest absolute Gasteiger partial charge is 0.215 e. The summed E-state index contributed by atoms with van der Waals surface area (Å²) in [4.78, 5) is 9.29. The molecule has 0 N–H and O–H groups in total. The Balaban J connectivity index is 2.33. The minimum absolute atomic E-state index is 0.0373. The number of rotatable bonds is 1. The molecular weight excluding hydrogens is 236 g/mol. The van der Waals surface area contributed by atoms with E-state index in [1.807, 2.05) is 30.5 Å². The van der Waals surface area contributed by atoms with Crippen LogP contribution in [0.4, 0.5) is 0 Å². The van der Waals surface area contributed by atoms with E-state index in [0.29, 0.717) is 5.95 Å². The zero-order chi connectivity index (χ0) is 13.5. The second-order valence-electron chi connectivity index (χ2n) is 5.59. The Kier molecular flexibility index (Phi) is 2.59. The van der Waals surface area contributed by atoms with Gasteiger partial charge in [0.05, 0.1) is 11.2 Å². The summed E-state index contributed by atoms with van der Waals surface area (Å²) in [5, 5.41) is 5.31. The van der Waals surface area contributed by atoms with Crippen LogP contribution in [0.1, 0.15) is 26.5 Å². The number of aromatic nitrogens is 4. The summed E-state index contributed by atoms with van der Waals surface area (Å²) in [6.45, 7) is 6.48. The molecule has 4 heteroatoms. The quantitative estimate of drug-likeness (QED) is 0.668. The van der Waals surface area contributed by atoms with Gasteiger partial charge in [-0.2, -0.15) is 5.10 Å². The predicted molar refractivity (Wildman–Crippen MR) is 75.4 cm³/mol. The minimum Gasteiger partial charge on any atom is -0.215 e. The first kappa shape index (κ1) is 11.8. The van der Waals surface area contributed by atoms with Crippen LogP contribution in [0.3, 0.4) is 0 Å². The lowest BCUT2D eigenvalue weighted by Gasteiger charge is -2.20. The molecule has 2 aromatic heterocycles. The van der Waals surface area contributed by atoms with E-state index < -0.39 is 0 Å². The number of hydrogen-bond acceptors (Lipinski definition) is 3. The van der Waals surface area contributed by atoms with Crippen LogP contribution in [0.25, 0.3) is 16.9 Å². The third-order valence-corrected chi connectivity index (χ3v) is 3.01. The van der Waals surface area contributed by atoms with Crippen LogP contribution in [0.15, 0.2) is 42.7 Å². The predicted octanol–water partition coefficient (Wildman–Crippen LogP) is 3.11. The molecule has 0 saturated heterocycles. The Morgan fingerprint density at radius 2 is 1.79 bits per heavy atom. The van der Waals surface area contributed by atoms with Gasteiger partial charge in [-0.05, 0) is 12.1 Å². The zero-order valence-electron chi connectivity index (χ0n) is 11.3. The fourth-order valence-corrected chi connectivity index (χ4v) is 2.13. The number of benzene rings is 1. The van der Waals surface area contributed by atoms with E-state index in [1.54, 1.807) is 10.9 Å². The lowest BCUT2D eigenvalue weighted by atomic mass is 9.89. The molecule has 0 aliphatic heterocycles. The average molecular weight is 252 g/mol. The van der Waals surface area contributed by atoms with Crippen molar-refractivity contribution in [3.05, 3.63) is 48.4 Å². The van der Waals surface area contributed by atoms with Crippen LogP contribution in [-0.4, -0.2) is 19.7 Å². The highest BCUT2D eigenvalue weighted by molar-refractivity contribution is 5.82. The minimum atomic E-state index is -0.0373. The first-order chi connectivity index (χ1) is 9.05. The molecule has 0 aliphatic rings. The van der Waals surface area contributed by atoms with E-state index in [-0.39, 0.29) is 5.41 Å². The van der Waals surface area contributed by atoms with Crippen LogP contribution >= 0.6 is 0 Å². The van der Waals surface area contributed by atoms with Crippen molar-refractivity contribution in [1.82, 2.24) is 19.7 Å². The summed E-state index contributed by atoms with van der Waals surface area (Å²) in [6.07, 6.45) is 3.59. The van der Waals surface area contributed by atoms with E-state index in [9.17, 15) is 0 Å². The van der Waals surface area contributed by atoms with Crippen molar-refractivity contribution in [2.45, 2.75) is 26.2 Å². The average Bonchev–Trinajstić information content (AvgIpc) is 2.90. The van der Waals surface area contributed by atoms with Gasteiger partial charge >= 0.3 is 0 Å². The van der Waals surface area contributed by atoms with Gasteiger partial charge in [-0.25, -0.2) is 14.6 Å². The van der Waals surface area contributed by atoms with E-state index in [1.165, 1.54) is 0 Å². The molecule has 0 saturated carbocycles. The van der Waals surface area contributed by atoms with Gasteiger partial charge in [-0.3, -0.25) is 0 Å². The SMILES string of the molecule is CC(C)(C)c1nc(-n2cccn2)nc2ccccc12. The van der Waals surface area contributed by atoms with Crippen molar-refractivity contribution in [1.29, 1.82) is 0 Å². The Labute approximate surface area is 112 Å². The molecule has 1 aromatic carbocycles. The van der Waals surface area contributed by atoms with Crippen molar-refractivity contribution < 1.29 is 0 Å². The summed E-state index contributed by atoms with van der Waals surface area (Å²) in [5.41, 5.74) is 1.96. The highest BCUT2D eigenvalue weighted by Gasteiger charge is 2.20. The molecule has 4 nitrogen and oxygen atoms in total. The van der Waals surface area contributed by atoms with Gasteiger partial charge in [-0.15, -0.1) is 0 Å². The summed E-state index contributed by atoms with van der Waals surface area (Å²) in [6, 6.07) is 9.97. The maximum absolute atomic E-state index is 4.70. The monoisotopic (exact) mass is 252 g/mol. The molecule has 0 spiro atoms. The summed E-state index contributed by atoms with van der Waals surface area (Å²) < 4.78 is 1.70. The van der Waals surface area contributed by atoms with Crippen molar-refractivity contribution in [3.63, 3.8) is 0 Å². The third kappa shape index (κ3) is 2.10. The van der Waals surface area contributed by atoms with Crippen molar-refractivity contribution in [3.8, 4) is 5.95 Å². The van der Waals surface area contributed by atoms with Crippen LogP contribution in [0.2, 0.25) is 0 Å². The van der Waals surface area contributed by atoms with Crippen molar-refractivity contribution in [2.24, 2.45) is 0 Å². The van der Waals surface area contributed by atoms with E-state index in [4.69, 9.17) is 4.98 Å². The highest BCUT2D eigenvalue weighted by Crippen LogP contribution is 2.27. The van der Waals surface area contributed by atoms with Gasteiger partial charge in [0.15, 0.2) is 0 Å². The normalized spacial score (nSPS) is 11.9. The van der Waals surface area contributed by atoms with Crippen LogP contribution in [0.5, 0.6) is 0 Å². The molecule has 0 atom stereocenters. The van der Waals surface area contributed by atoms with E-state index >= 15 is 0 Å². The first-order valence-corrected chi connectivity index (χ1v) is 6.33. The molecule has 96 valence electrons. The first-order valence-electron chi connectivity index (χ1n) is 6.33. The largest absolute Gasteiger partial charge is 0.251 e. The van der Waals surface area contributed by atoms with Gasteiger partial charge in [-0.1, -0.05) is 39.0 Å². The zero-order valence-corrected chi connectivity index (χ0v) is 11.3. The second kappa shape index (κ2) is 4.16. The highest BCUT2D eigenvalue weighted by atomic mass is 15.3. The fourth-order valence-electron chi connectivity index (χ4n) is 2.13. The number of fused-ring (bicyclic) bond motifs is 1. The molecule has 0 fully saturated rings. The second-order valence-corrected chi connectivity index (χ2v) is 5.59. The van der Waals surface area contributed by atoms with Crippen LogP contribution < -0.4 is 0 Å². The Bertz CT molecular complexity index is 709. The molecular formula is C15H16N4. The molecule has 0 amide bonds. The summed E-state index contributed by atoms with van der Waals surface area (Å²) in [7, 11) is 0. The van der Waals surface area contributed by atoms with Gasteiger partial charge in [0.2, 0.25) is 0 Å². The van der Waals surface area contributed by atoms with Gasteiger partial charge in [0.1, 0.15) is 0 Å². The molecule has 2 heterocycles. The lowest BCUT2D eigenvalue weighted by molar-refractivity contribution is 0.570. The fraction of sp³-hybridized carbons (Fsp3) is 0.267. The molecule has 3 rings (SSSR count). The molecule has 0 radical (unpaired) electrons. The van der Waals surface area contributed by atoms with Crippen molar-refractivity contribution >= 4 is 10.9 Å². The maximum atomic E-state index is 4.70. The van der Waals surface area contributed by atoms with E-state index in [0.717, 1.165) is 16.6 Å². The molecule has 3 aromatic rings. The topological polar surface area (TPSA) is 43.6 Å². The number of nitrogens with zero attached hydrogens (tertiary/aromatic N) is 4. The molecule has 0 unspecified atom stereocenters. The summed E-state index contributed by atoms with van der Waals surface area (Å²) in [5.74, 6) is 0.619. The molecule has 19 heavy (non-hydrogen) atoms.